The van der Waals surface area contributed by atoms with E-state index in [0.717, 1.165) is 5.56 Å². The Hall–Kier alpha value is -3.35. The van der Waals surface area contributed by atoms with Crippen molar-refractivity contribution < 1.29 is 14.3 Å². The predicted octanol–water partition coefficient (Wildman–Crippen LogP) is 2.52. The minimum Gasteiger partial charge on any atom is -0.448 e. The van der Waals surface area contributed by atoms with Crippen molar-refractivity contribution in [3.05, 3.63) is 60.0 Å². The Morgan fingerprint density at radius 3 is 2.64 bits per heavy atom. The maximum absolute atomic E-state index is 12.2. The smallest absolute Gasteiger partial charge is 0.359 e. The number of pyridine rings is 1. The number of nitrogens with zero attached hydrogens (tertiary/aromatic N) is 3. The van der Waals surface area contributed by atoms with Crippen LogP contribution in [0.25, 0.3) is 11.0 Å². The molecule has 0 radical (unpaired) electrons. The summed E-state index contributed by atoms with van der Waals surface area (Å²) in [6.45, 7) is 3.37. The van der Waals surface area contributed by atoms with E-state index in [1.54, 1.807) is 30.5 Å². The lowest BCUT2D eigenvalue weighted by Crippen LogP contribution is -2.30. The van der Waals surface area contributed by atoms with Gasteiger partial charge in [0.25, 0.3) is 5.91 Å². The number of ether oxygens (including phenoxy) is 1. The maximum atomic E-state index is 12.2. The number of rotatable bonds is 4. The van der Waals surface area contributed by atoms with Crippen LogP contribution in [0.1, 0.15) is 23.0 Å². The molecule has 1 atom stereocenters. The molecule has 2 aromatic heterocycles. The molecule has 2 heterocycles. The summed E-state index contributed by atoms with van der Waals surface area (Å²) in [5, 5.41) is 2.61. The van der Waals surface area contributed by atoms with Crippen molar-refractivity contribution >= 4 is 28.7 Å². The van der Waals surface area contributed by atoms with E-state index in [0.29, 0.717) is 16.9 Å². The largest absolute Gasteiger partial charge is 0.448 e. The number of aryl methyl sites for hydroxylation is 1. The molecule has 3 rings (SSSR count). The summed E-state index contributed by atoms with van der Waals surface area (Å²) < 4.78 is 5.17. The first-order valence-electron chi connectivity index (χ1n) is 7.69. The van der Waals surface area contributed by atoms with Gasteiger partial charge in [-0.3, -0.25) is 9.78 Å². The minimum atomic E-state index is -0.997. The number of esters is 1. The van der Waals surface area contributed by atoms with E-state index in [4.69, 9.17) is 4.74 Å². The highest BCUT2D eigenvalue weighted by Gasteiger charge is 2.20. The van der Waals surface area contributed by atoms with Gasteiger partial charge >= 0.3 is 5.97 Å². The SMILES string of the molecule is Cc1ccnc(NC(=O)C(C)OC(=O)c2cnc3ccccc3n2)c1. The maximum Gasteiger partial charge on any atom is 0.359 e. The summed E-state index contributed by atoms with van der Waals surface area (Å²) in [7, 11) is 0. The molecular weight excluding hydrogens is 320 g/mol. The van der Waals surface area contributed by atoms with Crippen molar-refractivity contribution in [2.45, 2.75) is 20.0 Å². The number of fused-ring (bicyclic) bond motifs is 1. The summed E-state index contributed by atoms with van der Waals surface area (Å²) >= 11 is 0. The van der Waals surface area contributed by atoms with Crippen molar-refractivity contribution in [3.8, 4) is 0 Å². The van der Waals surface area contributed by atoms with Gasteiger partial charge in [0.1, 0.15) is 5.82 Å². The molecule has 7 nitrogen and oxygen atoms in total. The number of anilines is 1. The molecular formula is C18H16N4O3. The lowest BCUT2D eigenvalue weighted by Gasteiger charge is -2.13. The Morgan fingerprint density at radius 1 is 1.12 bits per heavy atom. The molecule has 0 saturated heterocycles. The van der Waals surface area contributed by atoms with Gasteiger partial charge in [0.15, 0.2) is 11.8 Å². The van der Waals surface area contributed by atoms with E-state index < -0.39 is 18.0 Å². The second-order valence-corrected chi connectivity index (χ2v) is 5.50. The molecule has 25 heavy (non-hydrogen) atoms. The highest BCUT2D eigenvalue weighted by atomic mass is 16.5. The van der Waals surface area contributed by atoms with E-state index in [-0.39, 0.29) is 5.69 Å². The Labute approximate surface area is 144 Å². The van der Waals surface area contributed by atoms with Crippen molar-refractivity contribution in [1.29, 1.82) is 0 Å². The summed E-state index contributed by atoms with van der Waals surface area (Å²) in [6.07, 6.45) is 1.92. The van der Waals surface area contributed by atoms with E-state index in [1.165, 1.54) is 13.1 Å². The van der Waals surface area contributed by atoms with Crippen LogP contribution < -0.4 is 5.32 Å². The first-order chi connectivity index (χ1) is 12.0. The lowest BCUT2D eigenvalue weighted by atomic mass is 10.3. The number of nitrogens with one attached hydrogen (secondary N) is 1. The summed E-state index contributed by atoms with van der Waals surface area (Å²) in [6, 6.07) is 10.7. The molecule has 1 N–H and O–H groups in total. The highest BCUT2D eigenvalue weighted by Crippen LogP contribution is 2.11. The van der Waals surface area contributed by atoms with Gasteiger partial charge in [-0.25, -0.2) is 14.8 Å². The topological polar surface area (TPSA) is 94.1 Å². The molecule has 1 unspecified atom stereocenters. The standard InChI is InChI=1S/C18H16N4O3/c1-11-7-8-19-16(9-11)22-17(23)12(2)25-18(24)15-10-20-13-5-3-4-6-14(13)21-15/h3-10,12H,1-2H3,(H,19,22,23). The molecule has 0 aliphatic rings. The number of hydrogen-bond donors (Lipinski definition) is 1. The molecule has 7 heteroatoms. The number of hydrogen-bond acceptors (Lipinski definition) is 6. The van der Waals surface area contributed by atoms with Crippen LogP contribution in [0.15, 0.2) is 48.8 Å². The van der Waals surface area contributed by atoms with E-state index in [9.17, 15) is 9.59 Å². The third-order valence-corrected chi connectivity index (χ3v) is 3.48. The predicted molar refractivity (Wildman–Crippen MR) is 92.0 cm³/mol. The van der Waals surface area contributed by atoms with Gasteiger partial charge in [0, 0.05) is 6.20 Å². The van der Waals surface area contributed by atoms with E-state index in [2.05, 4.69) is 20.3 Å². The van der Waals surface area contributed by atoms with E-state index in [1.807, 2.05) is 19.1 Å². The molecule has 1 aromatic carbocycles. The van der Waals surface area contributed by atoms with Crippen molar-refractivity contribution in [3.63, 3.8) is 0 Å². The quantitative estimate of drug-likeness (QED) is 0.736. The highest BCUT2D eigenvalue weighted by molar-refractivity contribution is 5.96. The molecule has 0 aliphatic heterocycles. The molecule has 126 valence electrons. The van der Waals surface area contributed by atoms with E-state index >= 15 is 0 Å². The Morgan fingerprint density at radius 2 is 1.88 bits per heavy atom. The molecule has 3 aromatic rings. The number of para-hydroxylation sites is 2. The van der Waals surface area contributed by atoms with Gasteiger partial charge < -0.3 is 10.1 Å². The normalized spacial score (nSPS) is 11.8. The van der Waals surface area contributed by atoms with Gasteiger partial charge in [-0.2, -0.15) is 0 Å². The average Bonchev–Trinajstić information content (AvgIpc) is 2.61. The first-order valence-corrected chi connectivity index (χ1v) is 7.69. The number of carbonyl (C=O) groups is 2. The fourth-order valence-electron chi connectivity index (χ4n) is 2.16. The van der Waals surface area contributed by atoms with Crippen LogP contribution >= 0.6 is 0 Å². The summed E-state index contributed by atoms with van der Waals surface area (Å²) in [5.74, 6) is -0.781. The second kappa shape index (κ2) is 7.04. The third-order valence-electron chi connectivity index (χ3n) is 3.48. The van der Waals surface area contributed by atoms with Crippen LogP contribution in [0.2, 0.25) is 0 Å². The molecule has 0 aliphatic carbocycles. The number of benzene rings is 1. The van der Waals surface area contributed by atoms with Crippen LogP contribution in [-0.2, 0) is 9.53 Å². The monoisotopic (exact) mass is 336 g/mol. The van der Waals surface area contributed by atoms with Crippen molar-refractivity contribution in [1.82, 2.24) is 15.0 Å². The molecule has 0 saturated carbocycles. The van der Waals surface area contributed by atoms with Crippen LogP contribution in [-0.4, -0.2) is 32.9 Å². The van der Waals surface area contributed by atoms with Gasteiger partial charge in [0.2, 0.25) is 0 Å². The lowest BCUT2D eigenvalue weighted by molar-refractivity contribution is -0.123. The van der Waals surface area contributed by atoms with Gasteiger partial charge in [-0.05, 0) is 43.7 Å². The summed E-state index contributed by atoms with van der Waals surface area (Å²) in [4.78, 5) is 36.7. The van der Waals surface area contributed by atoms with Crippen LogP contribution in [0.3, 0.4) is 0 Å². The molecule has 1 amide bonds. The van der Waals surface area contributed by atoms with Crippen molar-refractivity contribution in [2.24, 2.45) is 0 Å². The Balaban J connectivity index is 1.67. The zero-order valence-electron chi connectivity index (χ0n) is 13.8. The minimum absolute atomic E-state index is 0.0482. The van der Waals surface area contributed by atoms with Crippen LogP contribution in [0, 0.1) is 6.92 Å². The van der Waals surface area contributed by atoms with Gasteiger partial charge in [-0.1, -0.05) is 12.1 Å². The zero-order valence-corrected chi connectivity index (χ0v) is 13.8. The Bertz CT molecular complexity index is 942. The molecule has 0 fully saturated rings. The number of aromatic nitrogens is 3. The van der Waals surface area contributed by atoms with Crippen LogP contribution in [0.4, 0.5) is 5.82 Å². The number of carbonyl (C=O) groups excluding carboxylic acids is 2. The fraction of sp³-hybridized carbons (Fsp3) is 0.167. The number of amides is 1. The fourth-order valence-corrected chi connectivity index (χ4v) is 2.16. The third kappa shape index (κ3) is 3.95. The molecule has 0 bridgehead atoms. The Kier molecular flexibility index (Phi) is 4.65. The first kappa shape index (κ1) is 16.5. The van der Waals surface area contributed by atoms with Gasteiger partial charge in [-0.15, -0.1) is 0 Å². The van der Waals surface area contributed by atoms with Gasteiger partial charge in [0.05, 0.1) is 17.2 Å². The summed E-state index contributed by atoms with van der Waals surface area (Å²) in [5.41, 5.74) is 2.27. The zero-order chi connectivity index (χ0) is 17.8. The molecule has 0 spiro atoms. The van der Waals surface area contributed by atoms with Crippen molar-refractivity contribution in [2.75, 3.05) is 5.32 Å². The average molecular weight is 336 g/mol. The van der Waals surface area contributed by atoms with Crippen LogP contribution in [0.5, 0.6) is 0 Å². The second-order valence-electron chi connectivity index (χ2n) is 5.50.